The predicted octanol–water partition coefficient (Wildman–Crippen LogP) is 0.451. The van der Waals surface area contributed by atoms with Crippen LogP contribution in [0.3, 0.4) is 0 Å². The molecular weight excluding hydrogens is 182 g/mol. The first-order valence-electron chi connectivity index (χ1n) is 4.96. The van der Waals surface area contributed by atoms with Gasteiger partial charge in [-0.3, -0.25) is 14.4 Å². The van der Waals surface area contributed by atoms with Crippen LogP contribution < -0.4 is 5.32 Å². The van der Waals surface area contributed by atoms with E-state index in [9.17, 15) is 14.4 Å². The Labute approximate surface area is 83.1 Å². The molecule has 1 unspecified atom stereocenters. The van der Waals surface area contributed by atoms with Crippen LogP contribution >= 0.6 is 0 Å². The molecule has 0 aromatic heterocycles. The molecule has 1 aliphatic carbocycles. The van der Waals surface area contributed by atoms with Gasteiger partial charge in [0.25, 0.3) is 0 Å². The van der Waals surface area contributed by atoms with E-state index < -0.39 is 0 Å². The lowest BCUT2D eigenvalue weighted by Crippen LogP contribution is -2.30. The number of carbonyl (C=O) groups excluding carboxylic acids is 3. The van der Waals surface area contributed by atoms with Gasteiger partial charge in [0.05, 0.1) is 0 Å². The number of carbonyl (C=O) groups is 3. The number of Topliss-reactive ketones (excluding diaryl/α,β-unsaturated/α-hetero) is 2. The van der Waals surface area contributed by atoms with Gasteiger partial charge in [0.15, 0.2) is 11.6 Å². The van der Waals surface area contributed by atoms with E-state index >= 15 is 0 Å². The molecule has 0 radical (unpaired) electrons. The molecule has 1 aliphatic rings. The van der Waals surface area contributed by atoms with Crippen molar-refractivity contribution in [3.63, 3.8) is 0 Å². The molecule has 0 aromatic carbocycles. The smallest absolute Gasteiger partial charge is 0.220 e. The summed E-state index contributed by atoms with van der Waals surface area (Å²) in [5.74, 6) is -0.561. The number of hydrogen-bond donors (Lipinski definition) is 1. The van der Waals surface area contributed by atoms with Crippen LogP contribution in [0.1, 0.15) is 32.6 Å². The van der Waals surface area contributed by atoms with Crippen LogP contribution in [0.4, 0.5) is 0 Å². The van der Waals surface area contributed by atoms with Crippen LogP contribution in [0.15, 0.2) is 0 Å². The molecule has 1 amide bonds. The monoisotopic (exact) mass is 197 g/mol. The van der Waals surface area contributed by atoms with Crippen LogP contribution in [-0.4, -0.2) is 24.0 Å². The minimum Gasteiger partial charge on any atom is -0.356 e. The molecule has 14 heavy (non-hydrogen) atoms. The van der Waals surface area contributed by atoms with E-state index in [-0.39, 0.29) is 29.8 Å². The first-order chi connectivity index (χ1) is 6.63. The maximum absolute atomic E-state index is 11.2. The Bertz CT molecular complexity index is 260. The Morgan fingerprint density at radius 2 is 2.14 bits per heavy atom. The zero-order valence-electron chi connectivity index (χ0n) is 8.34. The van der Waals surface area contributed by atoms with Gasteiger partial charge < -0.3 is 5.32 Å². The molecule has 1 fully saturated rings. The number of amides is 1. The molecule has 4 heteroatoms. The van der Waals surface area contributed by atoms with E-state index in [2.05, 4.69) is 5.32 Å². The zero-order valence-corrected chi connectivity index (χ0v) is 8.34. The summed E-state index contributed by atoms with van der Waals surface area (Å²) < 4.78 is 0. The lowest BCUT2D eigenvalue weighted by Gasteiger charge is -2.18. The Morgan fingerprint density at radius 1 is 1.43 bits per heavy atom. The molecule has 0 heterocycles. The Balaban J connectivity index is 2.36. The minimum atomic E-state index is -0.314. The van der Waals surface area contributed by atoms with Crippen LogP contribution in [0, 0.1) is 5.92 Å². The largest absolute Gasteiger partial charge is 0.356 e. The zero-order chi connectivity index (χ0) is 10.6. The maximum Gasteiger partial charge on any atom is 0.220 e. The van der Waals surface area contributed by atoms with Crippen molar-refractivity contribution in [2.24, 2.45) is 5.92 Å². The molecule has 1 rings (SSSR count). The summed E-state index contributed by atoms with van der Waals surface area (Å²) in [5.41, 5.74) is 0. The van der Waals surface area contributed by atoms with Gasteiger partial charge in [-0.15, -0.1) is 0 Å². The van der Waals surface area contributed by atoms with Gasteiger partial charge in [-0.1, -0.05) is 0 Å². The van der Waals surface area contributed by atoms with Gasteiger partial charge in [0.2, 0.25) is 5.91 Å². The molecule has 78 valence electrons. The van der Waals surface area contributed by atoms with Crippen molar-refractivity contribution in [2.45, 2.75) is 32.6 Å². The van der Waals surface area contributed by atoms with Crippen molar-refractivity contribution in [1.82, 2.24) is 5.32 Å². The normalized spacial score (nSPS) is 22.2. The number of hydrogen-bond acceptors (Lipinski definition) is 3. The van der Waals surface area contributed by atoms with Gasteiger partial charge in [-0.05, 0) is 19.3 Å². The molecule has 0 saturated heterocycles. The van der Waals surface area contributed by atoms with Gasteiger partial charge in [0.1, 0.15) is 0 Å². The average molecular weight is 197 g/mol. The third-order valence-corrected chi connectivity index (χ3v) is 2.41. The SMILES string of the molecule is CCNC(=O)CC1CCC(=O)C(=O)C1. The topological polar surface area (TPSA) is 63.2 Å². The average Bonchev–Trinajstić information content (AvgIpc) is 2.12. The van der Waals surface area contributed by atoms with Crippen LogP contribution in [0.25, 0.3) is 0 Å². The molecule has 0 aromatic rings. The summed E-state index contributed by atoms with van der Waals surface area (Å²) in [7, 11) is 0. The third kappa shape index (κ3) is 2.94. The van der Waals surface area contributed by atoms with Crippen molar-refractivity contribution < 1.29 is 14.4 Å². The van der Waals surface area contributed by atoms with Crippen molar-refractivity contribution in [3.05, 3.63) is 0 Å². The van der Waals surface area contributed by atoms with Gasteiger partial charge >= 0.3 is 0 Å². The molecule has 1 atom stereocenters. The van der Waals surface area contributed by atoms with Crippen LogP contribution in [0.5, 0.6) is 0 Å². The fraction of sp³-hybridized carbons (Fsp3) is 0.700. The Hall–Kier alpha value is -1.19. The standard InChI is InChI=1S/C10H15NO3/c1-2-11-10(14)6-7-3-4-8(12)9(13)5-7/h7H,2-6H2,1H3,(H,11,14). The quantitative estimate of drug-likeness (QED) is 0.668. The van der Waals surface area contributed by atoms with Gasteiger partial charge in [0, 0.05) is 25.8 Å². The van der Waals surface area contributed by atoms with E-state index in [4.69, 9.17) is 0 Å². The summed E-state index contributed by atoms with van der Waals surface area (Å²) in [6, 6.07) is 0. The van der Waals surface area contributed by atoms with Crippen molar-refractivity contribution in [2.75, 3.05) is 6.54 Å². The van der Waals surface area contributed by atoms with E-state index in [1.54, 1.807) is 0 Å². The second-order valence-corrected chi connectivity index (χ2v) is 3.61. The van der Waals surface area contributed by atoms with E-state index in [0.717, 1.165) is 0 Å². The van der Waals surface area contributed by atoms with Crippen LogP contribution in [0.2, 0.25) is 0 Å². The van der Waals surface area contributed by atoms with Crippen LogP contribution in [-0.2, 0) is 14.4 Å². The maximum atomic E-state index is 11.2. The summed E-state index contributed by atoms with van der Waals surface area (Å²) in [6.45, 7) is 2.46. The third-order valence-electron chi connectivity index (χ3n) is 2.41. The molecule has 1 saturated carbocycles. The van der Waals surface area contributed by atoms with Gasteiger partial charge in [-0.2, -0.15) is 0 Å². The fourth-order valence-electron chi connectivity index (χ4n) is 1.66. The molecular formula is C10H15NO3. The highest BCUT2D eigenvalue weighted by atomic mass is 16.2. The highest BCUT2D eigenvalue weighted by Gasteiger charge is 2.27. The Kier molecular flexibility index (Phi) is 3.80. The van der Waals surface area contributed by atoms with E-state index in [1.807, 2.05) is 6.92 Å². The van der Waals surface area contributed by atoms with Crippen molar-refractivity contribution in [3.8, 4) is 0 Å². The molecule has 0 aliphatic heterocycles. The fourth-order valence-corrected chi connectivity index (χ4v) is 1.66. The number of rotatable bonds is 3. The minimum absolute atomic E-state index is 0.0281. The summed E-state index contributed by atoms with van der Waals surface area (Å²) in [6.07, 6.45) is 1.59. The molecule has 0 spiro atoms. The summed E-state index contributed by atoms with van der Waals surface area (Å²) >= 11 is 0. The lowest BCUT2D eigenvalue weighted by atomic mass is 9.85. The lowest BCUT2D eigenvalue weighted by molar-refractivity contribution is -0.139. The second kappa shape index (κ2) is 4.88. The van der Waals surface area contributed by atoms with Crippen molar-refractivity contribution >= 4 is 17.5 Å². The highest BCUT2D eigenvalue weighted by molar-refractivity contribution is 6.37. The highest BCUT2D eigenvalue weighted by Crippen LogP contribution is 2.22. The number of nitrogens with one attached hydrogen (secondary N) is 1. The first-order valence-corrected chi connectivity index (χ1v) is 4.96. The molecule has 1 N–H and O–H groups in total. The Morgan fingerprint density at radius 3 is 2.71 bits per heavy atom. The molecule has 0 bridgehead atoms. The summed E-state index contributed by atoms with van der Waals surface area (Å²) in [5, 5.41) is 2.68. The van der Waals surface area contributed by atoms with Crippen molar-refractivity contribution in [1.29, 1.82) is 0 Å². The number of ketones is 2. The van der Waals surface area contributed by atoms with E-state index in [0.29, 0.717) is 25.8 Å². The second-order valence-electron chi connectivity index (χ2n) is 3.61. The van der Waals surface area contributed by atoms with Gasteiger partial charge in [-0.25, -0.2) is 0 Å². The first kappa shape index (κ1) is 10.9. The van der Waals surface area contributed by atoms with E-state index in [1.165, 1.54) is 0 Å². The summed E-state index contributed by atoms with van der Waals surface area (Å²) in [4.78, 5) is 33.2. The molecule has 4 nitrogen and oxygen atoms in total. The predicted molar refractivity (Wildman–Crippen MR) is 50.7 cm³/mol.